The zero-order valence-corrected chi connectivity index (χ0v) is 25.3. The molecule has 4 aromatic carbocycles. The van der Waals surface area contributed by atoms with Gasteiger partial charge in [-0.05, 0) is 0 Å². The second-order valence-corrected chi connectivity index (χ2v) is 7.50. The molecule has 0 saturated heterocycles. The fourth-order valence-electron chi connectivity index (χ4n) is 4.10. The molecule has 6 rings (SSSR count). The summed E-state index contributed by atoms with van der Waals surface area (Å²) < 4.78 is 0. The molecule has 0 saturated carbocycles. The Labute approximate surface area is 250 Å². The maximum absolute atomic E-state index is 12.1. The van der Waals surface area contributed by atoms with E-state index in [4.69, 9.17) is 0 Å². The van der Waals surface area contributed by atoms with Gasteiger partial charge < -0.3 is 7.43 Å². The van der Waals surface area contributed by atoms with Crippen molar-refractivity contribution in [3.8, 4) is 0 Å². The van der Waals surface area contributed by atoms with Crippen molar-refractivity contribution in [2.45, 2.75) is 27.7 Å². The summed E-state index contributed by atoms with van der Waals surface area (Å²) >= 11 is 0. The van der Waals surface area contributed by atoms with Crippen LogP contribution in [0.4, 0.5) is 0 Å². The molecule has 0 N–H and O–H groups in total. The fourth-order valence-corrected chi connectivity index (χ4v) is 4.10. The molecule has 0 aliphatic heterocycles. The molecule has 38 heavy (non-hydrogen) atoms. The predicted octanol–water partition coefficient (Wildman–Crippen LogP) is 7.42. The molecule has 1 radical (unpaired) electrons. The van der Waals surface area contributed by atoms with Crippen LogP contribution in [-0.2, 0) is 32.7 Å². The molecule has 0 heterocycles. The molecule has 0 aromatic heterocycles. The van der Waals surface area contributed by atoms with Crippen LogP contribution >= 0.6 is 0 Å². The van der Waals surface area contributed by atoms with Crippen molar-refractivity contribution in [3.05, 3.63) is 149 Å². The summed E-state index contributed by atoms with van der Waals surface area (Å²) in [4.78, 5) is 48.4. The van der Waals surface area contributed by atoms with Crippen molar-refractivity contribution >= 4 is 23.1 Å². The topological polar surface area (TPSA) is 68.3 Å². The molecule has 0 atom stereocenters. The zero-order chi connectivity index (χ0) is 26.2. The van der Waals surface area contributed by atoms with Crippen LogP contribution in [0.3, 0.4) is 0 Å². The molecule has 0 unspecified atom stereocenters. The van der Waals surface area contributed by atoms with E-state index < -0.39 is 0 Å². The average Bonchev–Trinajstić information content (AvgIpc) is 2.97. The molecular formula is C33H31O4Y-. The van der Waals surface area contributed by atoms with E-state index in [0.29, 0.717) is 44.5 Å². The molecule has 0 amide bonds. The van der Waals surface area contributed by atoms with E-state index in [1.807, 2.05) is 27.7 Å². The monoisotopic (exact) mass is 580 g/mol. The van der Waals surface area contributed by atoms with E-state index in [-0.39, 0.29) is 63.3 Å². The molecule has 2 aliphatic carbocycles. The summed E-state index contributed by atoms with van der Waals surface area (Å²) in [6.45, 7) is 8.00. The third-order valence-corrected chi connectivity index (χ3v) is 5.67. The van der Waals surface area contributed by atoms with E-state index >= 15 is 0 Å². The van der Waals surface area contributed by atoms with E-state index in [9.17, 15) is 19.2 Å². The number of ketones is 4. The maximum Gasteiger partial charge on any atom is 0.194 e. The van der Waals surface area contributed by atoms with Crippen LogP contribution in [0.2, 0.25) is 0 Å². The molecule has 0 bridgehead atoms. The smallest absolute Gasteiger partial charge is 0.194 e. The van der Waals surface area contributed by atoms with E-state index in [2.05, 4.69) is 0 Å². The van der Waals surface area contributed by atoms with Gasteiger partial charge in [0.05, 0.1) is 0 Å². The fraction of sp³-hybridized carbons (Fsp3) is 0.121. The Morgan fingerprint density at radius 2 is 0.421 bits per heavy atom. The summed E-state index contributed by atoms with van der Waals surface area (Å²) in [6.07, 6.45) is 0. The average molecular weight is 581 g/mol. The maximum atomic E-state index is 12.1. The Morgan fingerprint density at radius 1 is 0.316 bits per heavy atom. The van der Waals surface area contributed by atoms with Crippen LogP contribution in [0.1, 0.15) is 91.4 Å². The Hall–Kier alpha value is -3.34. The summed E-state index contributed by atoms with van der Waals surface area (Å²) in [5.41, 5.74) is 4.05. The van der Waals surface area contributed by atoms with Gasteiger partial charge in [0.2, 0.25) is 0 Å². The molecule has 0 spiro atoms. The van der Waals surface area contributed by atoms with Gasteiger partial charge in [-0.1, -0.05) is 125 Å². The van der Waals surface area contributed by atoms with Gasteiger partial charge in [-0.3, -0.25) is 19.2 Å². The Balaban J connectivity index is 0.000000321. The first-order valence-corrected chi connectivity index (χ1v) is 12.1. The van der Waals surface area contributed by atoms with Gasteiger partial charge >= 0.3 is 0 Å². The van der Waals surface area contributed by atoms with Crippen LogP contribution < -0.4 is 0 Å². The van der Waals surface area contributed by atoms with Gasteiger partial charge in [0.25, 0.3) is 0 Å². The summed E-state index contributed by atoms with van der Waals surface area (Å²) in [7, 11) is 0. The van der Waals surface area contributed by atoms with Crippen LogP contribution in [-0.4, -0.2) is 23.1 Å². The first kappa shape index (κ1) is 32.7. The van der Waals surface area contributed by atoms with Gasteiger partial charge in [-0.15, -0.1) is 0 Å². The van der Waals surface area contributed by atoms with E-state index in [1.54, 1.807) is 97.1 Å². The minimum atomic E-state index is -0.0641. The van der Waals surface area contributed by atoms with Crippen LogP contribution in [0.25, 0.3) is 0 Å². The molecule has 4 nitrogen and oxygen atoms in total. The zero-order valence-electron chi connectivity index (χ0n) is 22.4. The third kappa shape index (κ3) is 6.20. The van der Waals surface area contributed by atoms with Crippen molar-refractivity contribution < 1.29 is 51.9 Å². The van der Waals surface area contributed by atoms with Gasteiger partial charge in [-0.25, -0.2) is 0 Å². The number of hydrogen-bond acceptors (Lipinski definition) is 4. The molecular weight excluding hydrogens is 549 g/mol. The van der Waals surface area contributed by atoms with Crippen molar-refractivity contribution in [2.75, 3.05) is 0 Å². The van der Waals surface area contributed by atoms with Gasteiger partial charge in [0.15, 0.2) is 23.1 Å². The summed E-state index contributed by atoms with van der Waals surface area (Å²) in [5.74, 6) is -0.256. The third-order valence-electron chi connectivity index (χ3n) is 5.67. The number of rotatable bonds is 0. The quantitative estimate of drug-likeness (QED) is 0.175. The number of fused-ring (bicyclic) bond motifs is 4. The van der Waals surface area contributed by atoms with Gasteiger partial charge in [0, 0.05) is 77.2 Å². The summed E-state index contributed by atoms with van der Waals surface area (Å²) in [6, 6.07) is 27.8. The Morgan fingerprint density at radius 3 is 0.526 bits per heavy atom. The first-order valence-electron chi connectivity index (χ1n) is 12.1. The number of benzene rings is 4. The summed E-state index contributed by atoms with van der Waals surface area (Å²) in [5, 5.41) is 0. The molecule has 2 aliphatic rings. The number of carbonyl (C=O) groups excluding carboxylic acids is 4. The Kier molecular flexibility index (Phi) is 13.0. The van der Waals surface area contributed by atoms with Crippen molar-refractivity contribution in [1.29, 1.82) is 0 Å². The predicted molar refractivity (Wildman–Crippen MR) is 149 cm³/mol. The van der Waals surface area contributed by atoms with Crippen molar-refractivity contribution in [3.63, 3.8) is 0 Å². The molecule has 191 valence electrons. The van der Waals surface area contributed by atoms with Crippen molar-refractivity contribution in [1.82, 2.24) is 0 Å². The standard InChI is InChI=1S/2C14H8O2.2C2H6.CH3.Y/c2*15-13-9-5-1-2-6-10(9)14(16)12-8-4-3-7-11(12)13;2*1-2;;/h2*1-8H;2*1-2H3;1H3;/q;;;;-1;. The van der Waals surface area contributed by atoms with E-state index in [0.717, 1.165) is 0 Å². The van der Waals surface area contributed by atoms with Crippen LogP contribution in [0.5, 0.6) is 0 Å². The number of carbonyl (C=O) groups is 4. The van der Waals surface area contributed by atoms with E-state index in [1.165, 1.54) is 0 Å². The number of hydrogen-bond donors (Lipinski definition) is 0. The largest absolute Gasteiger partial charge is 0.358 e. The van der Waals surface area contributed by atoms with Gasteiger partial charge in [0.1, 0.15) is 0 Å². The Bertz CT molecular complexity index is 1130. The van der Waals surface area contributed by atoms with Gasteiger partial charge in [-0.2, -0.15) is 0 Å². The second kappa shape index (κ2) is 15.2. The van der Waals surface area contributed by atoms with Crippen LogP contribution in [0.15, 0.2) is 97.1 Å². The minimum Gasteiger partial charge on any atom is -0.358 e. The normalized spacial score (nSPS) is 11.5. The first-order chi connectivity index (χ1) is 17.6. The SMILES string of the molecule is CC.CC.O=C1c2ccccc2C(=O)c2ccccc21.O=C1c2ccccc2C(=O)c2ccccc21.[CH3-].[Y]. The molecule has 0 fully saturated rings. The molecule has 5 heteroatoms. The second-order valence-electron chi connectivity index (χ2n) is 7.50. The minimum absolute atomic E-state index is 0. The van der Waals surface area contributed by atoms with Crippen LogP contribution in [0, 0.1) is 7.43 Å². The van der Waals surface area contributed by atoms with Crippen molar-refractivity contribution in [2.24, 2.45) is 0 Å². The molecule has 4 aromatic rings.